The Labute approximate surface area is 216 Å². The van der Waals surface area contributed by atoms with Crippen molar-refractivity contribution in [2.75, 3.05) is 15.9 Å². The Morgan fingerprint density at radius 1 is 0.868 bits per heavy atom. The molecule has 0 aliphatic carbocycles. The molecule has 38 heavy (non-hydrogen) atoms. The van der Waals surface area contributed by atoms with E-state index in [1.54, 1.807) is 36.4 Å². The third kappa shape index (κ3) is 5.21. The highest BCUT2D eigenvalue weighted by Crippen LogP contribution is 2.32. The van der Waals surface area contributed by atoms with Crippen LogP contribution < -0.4 is 9.62 Å². The molecule has 1 aromatic heterocycles. The van der Waals surface area contributed by atoms with Gasteiger partial charge in [0.2, 0.25) is 10.0 Å². The number of carbonyl (C=O) groups excluding carboxylic acids is 1. The summed E-state index contributed by atoms with van der Waals surface area (Å²) in [6.45, 7) is -0.116. The number of halogens is 3. The molecule has 1 amide bonds. The molecule has 1 heterocycles. The molecule has 0 aliphatic heterocycles. The van der Waals surface area contributed by atoms with E-state index < -0.39 is 21.8 Å². The van der Waals surface area contributed by atoms with Crippen molar-refractivity contribution in [2.24, 2.45) is 0 Å². The average Bonchev–Trinajstić information content (AvgIpc) is 3.24. The number of hydrogen-bond acceptors (Lipinski definition) is 4. The number of benzene rings is 4. The first-order valence-corrected chi connectivity index (χ1v) is 13.3. The maximum atomic E-state index is 12.9. The lowest BCUT2D eigenvalue weighted by Gasteiger charge is -2.23. The van der Waals surface area contributed by atoms with Gasteiger partial charge in [0, 0.05) is 28.1 Å². The fraction of sp³-hybridized carbons (Fsp3) is 0.107. The highest BCUT2D eigenvalue weighted by molar-refractivity contribution is 7.92. The largest absolute Gasteiger partial charge is 0.456 e. The number of amides is 1. The number of carbonyl (C=O) groups is 1. The van der Waals surface area contributed by atoms with Crippen molar-refractivity contribution in [1.29, 1.82) is 0 Å². The van der Waals surface area contributed by atoms with Crippen molar-refractivity contribution in [3.8, 4) is 0 Å². The van der Waals surface area contributed by atoms with Crippen molar-refractivity contribution in [3.05, 3.63) is 108 Å². The van der Waals surface area contributed by atoms with Gasteiger partial charge in [0.25, 0.3) is 5.91 Å². The minimum absolute atomic E-state index is 0.100. The number of sulfonamides is 1. The van der Waals surface area contributed by atoms with Gasteiger partial charge in [-0.2, -0.15) is 13.2 Å². The molecule has 6 nitrogen and oxygen atoms in total. The highest BCUT2D eigenvalue weighted by Gasteiger charge is 2.30. The summed E-state index contributed by atoms with van der Waals surface area (Å²) in [6.07, 6.45) is -3.55. The van der Waals surface area contributed by atoms with Gasteiger partial charge in [-0.15, -0.1) is 0 Å². The molecule has 0 unspecified atom stereocenters. The van der Waals surface area contributed by atoms with Gasteiger partial charge in [-0.1, -0.05) is 30.3 Å². The van der Waals surface area contributed by atoms with Crippen LogP contribution in [0.15, 0.2) is 95.4 Å². The number of rotatable bonds is 6. The molecule has 5 aromatic rings. The minimum atomic E-state index is -4.53. The molecular formula is C28H21F3N2O4S. The molecule has 194 valence electrons. The summed E-state index contributed by atoms with van der Waals surface area (Å²) in [5, 5.41) is 4.74. The summed E-state index contributed by atoms with van der Waals surface area (Å²) in [5.41, 5.74) is 2.07. The van der Waals surface area contributed by atoms with Crippen LogP contribution in [-0.2, 0) is 22.7 Å². The first kappa shape index (κ1) is 25.3. The van der Waals surface area contributed by atoms with E-state index in [4.69, 9.17) is 4.42 Å². The van der Waals surface area contributed by atoms with Crippen LogP contribution in [0.2, 0.25) is 0 Å². The van der Waals surface area contributed by atoms with Gasteiger partial charge in [-0.05, 0) is 60.2 Å². The van der Waals surface area contributed by atoms with Crippen LogP contribution in [0.4, 0.5) is 24.5 Å². The summed E-state index contributed by atoms with van der Waals surface area (Å²) >= 11 is 0. The van der Waals surface area contributed by atoms with E-state index in [1.807, 2.05) is 30.3 Å². The number of fused-ring (bicyclic) bond motifs is 3. The molecule has 0 radical (unpaired) electrons. The summed E-state index contributed by atoms with van der Waals surface area (Å²) < 4.78 is 70.3. The minimum Gasteiger partial charge on any atom is -0.456 e. The Bertz CT molecular complexity index is 1740. The Kier molecular flexibility index (Phi) is 6.36. The van der Waals surface area contributed by atoms with Gasteiger partial charge in [-0.25, -0.2) is 8.42 Å². The van der Waals surface area contributed by atoms with E-state index in [0.717, 1.165) is 51.2 Å². The molecule has 1 N–H and O–H groups in total. The topological polar surface area (TPSA) is 79.6 Å². The Morgan fingerprint density at radius 2 is 1.53 bits per heavy atom. The van der Waals surface area contributed by atoms with E-state index in [0.29, 0.717) is 22.4 Å². The zero-order valence-electron chi connectivity index (χ0n) is 20.0. The van der Waals surface area contributed by atoms with Crippen molar-refractivity contribution in [1.82, 2.24) is 0 Å². The molecule has 0 saturated carbocycles. The second-order valence-corrected chi connectivity index (χ2v) is 10.7. The van der Waals surface area contributed by atoms with Gasteiger partial charge in [0.1, 0.15) is 11.2 Å². The molecule has 5 rings (SSSR count). The number of alkyl halides is 3. The third-order valence-electron chi connectivity index (χ3n) is 6.06. The second-order valence-electron chi connectivity index (χ2n) is 8.77. The van der Waals surface area contributed by atoms with Crippen LogP contribution in [0, 0.1) is 0 Å². The van der Waals surface area contributed by atoms with Gasteiger partial charge in [0.05, 0.1) is 24.1 Å². The molecule has 0 spiro atoms. The quantitative estimate of drug-likeness (QED) is 0.257. The molecule has 0 aliphatic rings. The average molecular weight is 539 g/mol. The van der Waals surface area contributed by atoms with Gasteiger partial charge >= 0.3 is 6.18 Å². The van der Waals surface area contributed by atoms with Gasteiger partial charge in [0.15, 0.2) is 0 Å². The van der Waals surface area contributed by atoms with E-state index in [-0.39, 0.29) is 18.1 Å². The molecular weight excluding hydrogens is 517 g/mol. The molecule has 10 heteroatoms. The Morgan fingerprint density at radius 3 is 2.18 bits per heavy atom. The Balaban J connectivity index is 1.31. The lowest BCUT2D eigenvalue weighted by Crippen LogP contribution is -2.29. The summed E-state index contributed by atoms with van der Waals surface area (Å²) in [7, 11) is -3.80. The van der Waals surface area contributed by atoms with Gasteiger partial charge < -0.3 is 9.73 Å². The monoisotopic (exact) mass is 538 g/mol. The SMILES string of the molecule is CS(=O)(=O)N(Cc1ccc(C(=O)Nc2ccc3c(c2)oc2ccccc23)cc1)c1ccc(C(F)(F)F)cc1. The lowest BCUT2D eigenvalue weighted by atomic mass is 10.1. The Hall–Kier alpha value is -4.31. The first-order valence-electron chi connectivity index (χ1n) is 11.5. The molecule has 4 aromatic carbocycles. The molecule has 0 bridgehead atoms. The number of nitrogens with one attached hydrogen (secondary N) is 1. The summed E-state index contributed by atoms with van der Waals surface area (Å²) in [6, 6.07) is 23.3. The normalized spacial score (nSPS) is 12.1. The summed E-state index contributed by atoms with van der Waals surface area (Å²) in [5.74, 6) is -0.366. The van der Waals surface area contributed by atoms with Gasteiger partial charge in [-0.3, -0.25) is 9.10 Å². The highest BCUT2D eigenvalue weighted by atomic mass is 32.2. The van der Waals surface area contributed by atoms with E-state index in [1.165, 1.54) is 0 Å². The van der Waals surface area contributed by atoms with Crippen molar-refractivity contribution < 1.29 is 30.8 Å². The van der Waals surface area contributed by atoms with Crippen molar-refractivity contribution in [2.45, 2.75) is 12.7 Å². The first-order chi connectivity index (χ1) is 18.0. The lowest BCUT2D eigenvalue weighted by molar-refractivity contribution is -0.137. The zero-order valence-corrected chi connectivity index (χ0v) is 20.8. The van der Waals surface area contributed by atoms with Crippen LogP contribution in [-0.4, -0.2) is 20.6 Å². The standard InChI is InChI=1S/C28H21F3N2O4S/c1-38(35,36)33(22-13-10-20(11-14-22)28(29,30)31)17-18-6-8-19(9-7-18)27(34)32-21-12-15-24-23-4-2-3-5-25(23)37-26(24)16-21/h2-16H,17H2,1H3,(H,32,34). The van der Waals surface area contributed by atoms with Crippen molar-refractivity contribution in [3.63, 3.8) is 0 Å². The third-order valence-corrected chi connectivity index (χ3v) is 7.20. The molecule has 0 fully saturated rings. The van der Waals surface area contributed by atoms with E-state index in [9.17, 15) is 26.4 Å². The van der Waals surface area contributed by atoms with Crippen LogP contribution in [0.3, 0.4) is 0 Å². The maximum Gasteiger partial charge on any atom is 0.416 e. The number of anilines is 2. The van der Waals surface area contributed by atoms with Crippen LogP contribution in [0.5, 0.6) is 0 Å². The predicted octanol–water partition coefficient (Wildman–Crippen LogP) is 6.82. The number of nitrogens with zero attached hydrogens (tertiary/aromatic N) is 1. The van der Waals surface area contributed by atoms with Crippen LogP contribution in [0.1, 0.15) is 21.5 Å². The maximum absolute atomic E-state index is 12.9. The molecule has 0 atom stereocenters. The fourth-order valence-corrected chi connectivity index (χ4v) is 5.04. The van der Waals surface area contributed by atoms with E-state index in [2.05, 4.69) is 5.32 Å². The smallest absolute Gasteiger partial charge is 0.416 e. The second kappa shape index (κ2) is 9.53. The van der Waals surface area contributed by atoms with Crippen LogP contribution >= 0.6 is 0 Å². The number of para-hydroxylation sites is 1. The predicted molar refractivity (Wildman–Crippen MR) is 141 cm³/mol. The zero-order chi connectivity index (χ0) is 27.1. The van der Waals surface area contributed by atoms with Crippen molar-refractivity contribution >= 4 is 49.2 Å². The molecule has 0 saturated heterocycles. The summed E-state index contributed by atoms with van der Waals surface area (Å²) in [4.78, 5) is 12.8. The number of furan rings is 1. The fourth-order valence-electron chi connectivity index (χ4n) is 4.15. The van der Waals surface area contributed by atoms with E-state index >= 15 is 0 Å². The number of hydrogen-bond donors (Lipinski definition) is 1. The van der Waals surface area contributed by atoms with Crippen LogP contribution in [0.25, 0.3) is 21.9 Å².